The summed E-state index contributed by atoms with van der Waals surface area (Å²) < 4.78 is 71.8. The van der Waals surface area contributed by atoms with Crippen LogP contribution < -0.4 is 0 Å². The summed E-state index contributed by atoms with van der Waals surface area (Å²) in [5.41, 5.74) is 2.57. The first-order valence-electron chi connectivity index (χ1n) is 13.3. The third kappa shape index (κ3) is 8.38. The van der Waals surface area contributed by atoms with E-state index in [4.69, 9.17) is 29.2 Å². The number of furan rings is 1. The highest BCUT2D eigenvalue weighted by molar-refractivity contribution is 5.73. The van der Waals surface area contributed by atoms with Crippen molar-refractivity contribution in [2.24, 2.45) is 0 Å². The molecule has 0 radical (unpaired) electrons. The molecule has 1 saturated heterocycles. The Kier molecular flexibility index (Phi) is 10.7. The van der Waals surface area contributed by atoms with Crippen molar-refractivity contribution in [3.63, 3.8) is 0 Å². The molecule has 1 spiro atoms. The summed E-state index contributed by atoms with van der Waals surface area (Å²) in [6.07, 6.45) is -5.85. The number of likely N-dealkylation sites (N-methyl/N-ethyl adjacent to an activating group) is 1. The van der Waals surface area contributed by atoms with Crippen LogP contribution in [-0.4, -0.2) is 80.0 Å². The fourth-order valence-electron chi connectivity index (χ4n) is 5.26. The van der Waals surface area contributed by atoms with Crippen molar-refractivity contribution in [3.8, 4) is 11.3 Å². The Labute approximate surface area is 243 Å². The summed E-state index contributed by atoms with van der Waals surface area (Å²) in [6, 6.07) is 14.9. The van der Waals surface area contributed by atoms with Crippen LogP contribution in [0, 0.1) is 6.92 Å². The lowest BCUT2D eigenvalue weighted by Gasteiger charge is -2.50. The third-order valence-electron chi connectivity index (χ3n) is 7.27. The number of aliphatic carboxylic acids is 2. The molecule has 236 valence electrons. The number of fused-ring (bicyclic) bond motifs is 2. The lowest BCUT2D eigenvalue weighted by atomic mass is 9.83. The first kappa shape index (κ1) is 33.6. The smallest absolute Gasteiger partial charge is 0.475 e. The number of piperidine rings is 1. The molecule has 0 bridgehead atoms. The molecular formula is C28H32F6N4O5. The van der Waals surface area contributed by atoms with E-state index in [2.05, 4.69) is 70.0 Å². The van der Waals surface area contributed by atoms with E-state index < -0.39 is 24.3 Å². The predicted molar refractivity (Wildman–Crippen MR) is 142 cm³/mol. The molecule has 3 aromatic rings. The SMILES string of the molecule is CCN1CCn2c(-c3ccccc3)cnc2C12CCN(Cc1ccc(C)o1)CC2.O=C(O)C(F)(F)F.O=C(O)C(F)(F)F. The Hall–Kier alpha value is -3.85. The van der Waals surface area contributed by atoms with Gasteiger partial charge in [0.2, 0.25) is 0 Å². The highest BCUT2D eigenvalue weighted by atomic mass is 19.4. The minimum atomic E-state index is -5.08. The van der Waals surface area contributed by atoms with E-state index >= 15 is 0 Å². The second-order valence-corrected chi connectivity index (χ2v) is 9.99. The Bertz CT molecular complexity index is 1340. The summed E-state index contributed by atoms with van der Waals surface area (Å²) in [6.45, 7) is 10.5. The molecule has 1 aromatic carbocycles. The maximum absolute atomic E-state index is 10.6. The maximum atomic E-state index is 10.6. The van der Waals surface area contributed by atoms with Gasteiger partial charge in [0.1, 0.15) is 17.3 Å². The second kappa shape index (κ2) is 13.6. The van der Waals surface area contributed by atoms with Crippen LogP contribution in [0.5, 0.6) is 0 Å². The summed E-state index contributed by atoms with van der Waals surface area (Å²) in [5, 5.41) is 14.2. The van der Waals surface area contributed by atoms with Crippen molar-refractivity contribution in [2.45, 2.75) is 57.7 Å². The van der Waals surface area contributed by atoms with Crippen molar-refractivity contribution in [1.29, 1.82) is 0 Å². The Morgan fingerprint density at radius 1 is 0.907 bits per heavy atom. The fourth-order valence-corrected chi connectivity index (χ4v) is 5.26. The van der Waals surface area contributed by atoms with Crippen LogP contribution in [0.4, 0.5) is 26.3 Å². The number of rotatable bonds is 4. The van der Waals surface area contributed by atoms with Gasteiger partial charge in [0.15, 0.2) is 0 Å². The van der Waals surface area contributed by atoms with Crippen molar-refractivity contribution >= 4 is 11.9 Å². The number of halogens is 6. The lowest BCUT2D eigenvalue weighted by molar-refractivity contribution is -0.193. The van der Waals surface area contributed by atoms with Gasteiger partial charge in [-0.05, 0) is 44.0 Å². The summed E-state index contributed by atoms with van der Waals surface area (Å²) in [4.78, 5) is 28.0. The molecule has 9 nitrogen and oxygen atoms in total. The monoisotopic (exact) mass is 618 g/mol. The highest BCUT2D eigenvalue weighted by Gasteiger charge is 2.46. The molecule has 15 heteroatoms. The van der Waals surface area contributed by atoms with Crippen LogP contribution in [0.2, 0.25) is 0 Å². The molecule has 0 saturated carbocycles. The average molecular weight is 619 g/mol. The summed E-state index contributed by atoms with van der Waals surface area (Å²) in [5.74, 6) is -2.19. The van der Waals surface area contributed by atoms with Gasteiger partial charge in [-0.15, -0.1) is 0 Å². The minimum Gasteiger partial charge on any atom is -0.475 e. The number of aryl methyl sites for hydroxylation is 1. The maximum Gasteiger partial charge on any atom is 0.490 e. The van der Waals surface area contributed by atoms with Crippen LogP contribution in [0.1, 0.15) is 37.1 Å². The van der Waals surface area contributed by atoms with Crippen molar-refractivity contribution in [2.75, 3.05) is 26.2 Å². The highest BCUT2D eigenvalue weighted by Crippen LogP contribution is 2.42. The Morgan fingerprint density at radius 2 is 1.47 bits per heavy atom. The van der Waals surface area contributed by atoms with Crippen molar-refractivity contribution in [1.82, 2.24) is 19.4 Å². The quantitative estimate of drug-likeness (QED) is 0.367. The van der Waals surface area contributed by atoms with Crippen LogP contribution in [0.15, 0.2) is 53.1 Å². The zero-order chi connectivity index (χ0) is 32.0. The molecule has 2 aliphatic heterocycles. The zero-order valence-electron chi connectivity index (χ0n) is 23.5. The number of aromatic nitrogens is 2. The average Bonchev–Trinajstić information content (AvgIpc) is 3.57. The summed E-state index contributed by atoms with van der Waals surface area (Å²) >= 11 is 0. The molecule has 1 fully saturated rings. The summed E-state index contributed by atoms with van der Waals surface area (Å²) in [7, 11) is 0. The van der Waals surface area contributed by atoms with Gasteiger partial charge in [0, 0.05) is 26.2 Å². The largest absolute Gasteiger partial charge is 0.490 e. The van der Waals surface area contributed by atoms with Gasteiger partial charge >= 0.3 is 24.3 Å². The van der Waals surface area contributed by atoms with Gasteiger partial charge in [0.25, 0.3) is 0 Å². The molecule has 43 heavy (non-hydrogen) atoms. The van der Waals surface area contributed by atoms with E-state index in [-0.39, 0.29) is 5.54 Å². The van der Waals surface area contributed by atoms with E-state index in [1.54, 1.807) is 0 Å². The van der Waals surface area contributed by atoms with E-state index in [9.17, 15) is 26.3 Å². The topological polar surface area (TPSA) is 112 Å². The van der Waals surface area contributed by atoms with Gasteiger partial charge in [-0.25, -0.2) is 14.6 Å². The molecule has 0 atom stereocenters. The first-order valence-corrected chi connectivity index (χ1v) is 13.3. The number of carbonyl (C=O) groups is 2. The molecule has 2 N–H and O–H groups in total. The normalized spacial score (nSPS) is 16.8. The van der Waals surface area contributed by atoms with Crippen molar-refractivity contribution in [3.05, 3.63) is 66.0 Å². The van der Waals surface area contributed by atoms with Gasteiger partial charge in [0.05, 0.1) is 24.0 Å². The van der Waals surface area contributed by atoms with Gasteiger partial charge in [-0.1, -0.05) is 37.3 Å². The zero-order valence-corrected chi connectivity index (χ0v) is 23.5. The van der Waals surface area contributed by atoms with E-state index in [1.165, 1.54) is 17.1 Å². The number of hydrogen-bond donors (Lipinski definition) is 2. The molecule has 0 amide bonds. The number of carboxylic acid groups (broad SMARTS) is 2. The molecule has 2 aliphatic rings. The Balaban J connectivity index is 0.000000303. The van der Waals surface area contributed by atoms with Crippen molar-refractivity contribution < 1.29 is 50.6 Å². The fraction of sp³-hybridized carbons (Fsp3) is 0.464. The van der Waals surface area contributed by atoms with Crippen LogP contribution in [-0.2, 0) is 28.2 Å². The minimum absolute atomic E-state index is 0.0512. The molecule has 2 aromatic heterocycles. The number of benzene rings is 1. The second-order valence-electron chi connectivity index (χ2n) is 9.99. The van der Waals surface area contributed by atoms with Gasteiger partial charge < -0.3 is 19.2 Å². The number of nitrogens with zero attached hydrogens (tertiary/aromatic N) is 4. The van der Waals surface area contributed by atoms with Gasteiger partial charge in [-0.2, -0.15) is 26.3 Å². The lowest BCUT2D eigenvalue weighted by Crippen LogP contribution is -2.57. The molecular weight excluding hydrogens is 586 g/mol. The number of imidazole rings is 1. The van der Waals surface area contributed by atoms with E-state index in [1.807, 2.05) is 6.92 Å². The van der Waals surface area contributed by atoms with Crippen LogP contribution in [0.3, 0.4) is 0 Å². The predicted octanol–water partition coefficient (Wildman–Crippen LogP) is 5.54. The molecule has 4 heterocycles. The standard InChI is InChI=1S/C24H30N4O.2C2HF3O2/c1-3-27-15-16-28-22(20-7-5-4-6-8-20)17-25-23(28)24(27)11-13-26(14-12-24)18-21-10-9-19(2)29-21;2*3-2(4,5)1(6)7/h4-10,17H,3,11-16,18H2,1-2H3;2*(H,6,7). The Morgan fingerprint density at radius 3 is 1.93 bits per heavy atom. The molecule has 5 rings (SSSR count). The van der Waals surface area contributed by atoms with Gasteiger partial charge in [-0.3, -0.25) is 9.80 Å². The number of alkyl halides is 6. The van der Waals surface area contributed by atoms with Crippen LogP contribution in [0.25, 0.3) is 11.3 Å². The van der Waals surface area contributed by atoms with Crippen LogP contribution >= 0.6 is 0 Å². The molecule has 0 unspecified atom stereocenters. The number of hydrogen-bond acceptors (Lipinski definition) is 6. The molecule has 0 aliphatic carbocycles. The van der Waals surface area contributed by atoms with E-state index in [0.29, 0.717) is 0 Å². The number of likely N-dealkylation sites (tertiary alicyclic amines) is 1. The number of carboxylic acids is 2. The first-order chi connectivity index (χ1) is 20.1. The van der Waals surface area contributed by atoms with E-state index in [0.717, 1.165) is 63.6 Å². The third-order valence-corrected chi connectivity index (χ3v) is 7.27.